The van der Waals surface area contributed by atoms with Gasteiger partial charge in [0.2, 0.25) is 0 Å². The molecule has 0 heterocycles. The Morgan fingerprint density at radius 1 is 0.950 bits per heavy atom. The highest BCUT2D eigenvalue weighted by Crippen LogP contribution is 2.17. The first kappa shape index (κ1) is 14.6. The molecular formula is C17H21NO2. The summed E-state index contributed by atoms with van der Waals surface area (Å²) in [6.07, 6.45) is 0. The van der Waals surface area contributed by atoms with E-state index in [1.165, 1.54) is 11.1 Å². The largest absolute Gasteiger partial charge is 0.491 e. The smallest absolute Gasteiger partial charge is 0.123 e. The summed E-state index contributed by atoms with van der Waals surface area (Å²) in [6, 6.07) is 16.3. The van der Waals surface area contributed by atoms with E-state index in [0.717, 1.165) is 24.4 Å². The summed E-state index contributed by atoms with van der Waals surface area (Å²) in [5, 5.41) is 12.3. The molecule has 2 rings (SSSR count). The highest BCUT2D eigenvalue weighted by atomic mass is 16.5. The second kappa shape index (κ2) is 7.68. The van der Waals surface area contributed by atoms with Crippen molar-refractivity contribution in [1.29, 1.82) is 0 Å². The molecule has 3 heteroatoms. The maximum Gasteiger partial charge on any atom is 0.123 e. The molecule has 0 aliphatic rings. The molecule has 2 aromatic rings. The lowest BCUT2D eigenvalue weighted by Gasteiger charge is -2.12. The number of hydrogen-bond acceptors (Lipinski definition) is 3. The van der Waals surface area contributed by atoms with E-state index in [2.05, 4.69) is 36.5 Å². The molecule has 0 unspecified atom stereocenters. The summed E-state index contributed by atoms with van der Waals surface area (Å²) in [5.74, 6) is 0.832. The molecule has 2 aromatic carbocycles. The van der Waals surface area contributed by atoms with E-state index < -0.39 is 0 Å². The Morgan fingerprint density at radius 2 is 1.60 bits per heavy atom. The van der Waals surface area contributed by atoms with Crippen molar-refractivity contribution in [2.75, 3.05) is 13.2 Å². The van der Waals surface area contributed by atoms with Crippen molar-refractivity contribution < 1.29 is 9.84 Å². The molecule has 0 saturated carbocycles. The Labute approximate surface area is 120 Å². The van der Waals surface area contributed by atoms with Gasteiger partial charge in [0.25, 0.3) is 0 Å². The minimum Gasteiger partial charge on any atom is -0.491 e. The normalized spacial score (nSPS) is 10.5. The van der Waals surface area contributed by atoms with Crippen molar-refractivity contribution in [3.8, 4) is 5.75 Å². The predicted molar refractivity (Wildman–Crippen MR) is 80.7 cm³/mol. The first-order valence-electron chi connectivity index (χ1n) is 6.88. The number of aliphatic hydroxyl groups is 1. The number of nitrogens with one attached hydrogen (secondary N) is 1. The summed E-state index contributed by atoms with van der Waals surface area (Å²) in [5.41, 5.74) is 3.71. The average molecular weight is 271 g/mol. The topological polar surface area (TPSA) is 41.5 Å². The molecule has 0 aliphatic heterocycles. The van der Waals surface area contributed by atoms with Crippen molar-refractivity contribution in [3.63, 3.8) is 0 Å². The number of para-hydroxylation sites is 1. The van der Waals surface area contributed by atoms with Gasteiger partial charge < -0.3 is 15.2 Å². The maximum absolute atomic E-state index is 8.83. The Bertz CT molecular complexity index is 540. The van der Waals surface area contributed by atoms with Crippen LogP contribution in [0.4, 0.5) is 0 Å². The zero-order valence-electron chi connectivity index (χ0n) is 11.8. The SMILES string of the molecule is Cc1ccccc1CNCc1ccccc1OCCO. The first-order valence-corrected chi connectivity index (χ1v) is 6.88. The van der Waals surface area contributed by atoms with Crippen LogP contribution in [-0.2, 0) is 13.1 Å². The Morgan fingerprint density at radius 3 is 2.35 bits per heavy atom. The third kappa shape index (κ3) is 4.08. The summed E-state index contributed by atoms with van der Waals surface area (Å²) < 4.78 is 5.52. The Hall–Kier alpha value is -1.84. The van der Waals surface area contributed by atoms with Gasteiger partial charge in [-0.15, -0.1) is 0 Å². The molecule has 106 valence electrons. The number of benzene rings is 2. The van der Waals surface area contributed by atoms with Crippen LogP contribution in [0.3, 0.4) is 0 Å². The number of ether oxygens (including phenoxy) is 1. The fraction of sp³-hybridized carbons (Fsp3) is 0.294. The van der Waals surface area contributed by atoms with E-state index >= 15 is 0 Å². The summed E-state index contributed by atoms with van der Waals surface area (Å²) in [6.45, 7) is 4.06. The Balaban J connectivity index is 1.92. The average Bonchev–Trinajstić information content (AvgIpc) is 2.48. The molecule has 0 amide bonds. The van der Waals surface area contributed by atoms with Crippen LogP contribution in [0, 0.1) is 6.92 Å². The molecule has 20 heavy (non-hydrogen) atoms. The quantitative estimate of drug-likeness (QED) is 0.813. The van der Waals surface area contributed by atoms with Crippen LogP contribution < -0.4 is 10.1 Å². The third-order valence-electron chi connectivity index (χ3n) is 3.21. The lowest BCUT2D eigenvalue weighted by atomic mass is 10.1. The maximum atomic E-state index is 8.83. The highest BCUT2D eigenvalue weighted by Gasteiger charge is 2.03. The van der Waals surface area contributed by atoms with Crippen molar-refractivity contribution in [1.82, 2.24) is 5.32 Å². The standard InChI is InChI=1S/C17H21NO2/c1-14-6-2-3-7-15(14)12-18-13-16-8-4-5-9-17(16)20-11-10-19/h2-9,18-19H,10-13H2,1H3. The zero-order valence-corrected chi connectivity index (χ0v) is 11.8. The van der Waals surface area contributed by atoms with E-state index in [1.54, 1.807) is 0 Å². The predicted octanol–water partition coefficient (Wildman–Crippen LogP) is 2.66. The van der Waals surface area contributed by atoms with Crippen LogP contribution in [-0.4, -0.2) is 18.3 Å². The van der Waals surface area contributed by atoms with E-state index in [0.29, 0.717) is 6.61 Å². The molecule has 0 bridgehead atoms. The molecule has 3 nitrogen and oxygen atoms in total. The van der Waals surface area contributed by atoms with Crippen LogP contribution in [0.2, 0.25) is 0 Å². The van der Waals surface area contributed by atoms with Gasteiger partial charge in [0.05, 0.1) is 6.61 Å². The molecule has 0 aromatic heterocycles. The molecule has 0 spiro atoms. The number of aliphatic hydroxyl groups excluding tert-OH is 1. The molecule has 0 fully saturated rings. The van der Waals surface area contributed by atoms with Gasteiger partial charge in [0.1, 0.15) is 12.4 Å². The summed E-state index contributed by atoms with van der Waals surface area (Å²) in [4.78, 5) is 0. The van der Waals surface area contributed by atoms with Gasteiger partial charge in [-0.1, -0.05) is 42.5 Å². The van der Waals surface area contributed by atoms with Crippen LogP contribution in [0.15, 0.2) is 48.5 Å². The van der Waals surface area contributed by atoms with E-state index in [-0.39, 0.29) is 6.61 Å². The summed E-state index contributed by atoms with van der Waals surface area (Å²) >= 11 is 0. The molecule has 2 N–H and O–H groups in total. The van der Waals surface area contributed by atoms with E-state index in [4.69, 9.17) is 9.84 Å². The lowest BCUT2D eigenvalue weighted by molar-refractivity contribution is 0.200. The molecular weight excluding hydrogens is 250 g/mol. The number of hydrogen-bond donors (Lipinski definition) is 2. The van der Waals surface area contributed by atoms with Crippen molar-refractivity contribution >= 4 is 0 Å². The minimum absolute atomic E-state index is 0.0327. The lowest BCUT2D eigenvalue weighted by Crippen LogP contribution is -2.14. The molecule has 0 aliphatic carbocycles. The fourth-order valence-electron chi connectivity index (χ4n) is 2.09. The molecule has 0 saturated heterocycles. The minimum atomic E-state index is 0.0327. The second-order valence-electron chi connectivity index (χ2n) is 4.71. The van der Waals surface area contributed by atoms with E-state index in [1.807, 2.05) is 24.3 Å². The van der Waals surface area contributed by atoms with Gasteiger partial charge in [-0.25, -0.2) is 0 Å². The number of aryl methyl sites for hydroxylation is 1. The van der Waals surface area contributed by atoms with Gasteiger partial charge >= 0.3 is 0 Å². The first-order chi connectivity index (χ1) is 9.81. The van der Waals surface area contributed by atoms with Gasteiger partial charge in [-0.2, -0.15) is 0 Å². The van der Waals surface area contributed by atoms with Gasteiger partial charge in [0, 0.05) is 18.7 Å². The monoisotopic (exact) mass is 271 g/mol. The highest BCUT2D eigenvalue weighted by molar-refractivity contribution is 5.33. The van der Waals surface area contributed by atoms with Gasteiger partial charge in [-0.3, -0.25) is 0 Å². The van der Waals surface area contributed by atoms with Gasteiger partial charge in [0.15, 0.2) is 0 Å². The van der Waals surface area contributed by atoms with Gasteiger partial charge in [-0.05, 0) is 24.1 Å². The zero-order chi connectivity index (χ0) is 14.2. The molecule has 0 radical (unpaired) electrons. The van der Waals surface area contributed by atoms with E-state index in [9.17, 15) is 0 Å². The second-order valence-corrected chi connectivity index (χ2v) is 4.71. The van der Waals surface area contributed by atoms with Crippen LogP contribution in [0.25, 0.3) is 0 Å². The van der Waals surface area contributed by atoms with Crippen molar-refractivity contribution in [2.24, 2.45) is 0 Å². The Kier molecular flexibility index (Phi) is 5.59. The summed E-state index contributed by atoms with van der Waals surface area (Å²) in [7, 11) is 0. The third-order valence-corrected chi connectivity index (χ3v) is 3.21. The van der Waals surface area contributed by atoms with Crippen molar-refractivity contribution in [2.45, 2.75) is 20.0 Å². The van der Waals surface area contributed by atoms with Crippen LogP contribution in [0.1, 0.15) is 16.7 Å². The van der Waals surface area contributed by atoms with Crippen molar-refractivity contribution in [3.05, 3.63) is 65.2 Å². The fourth-order valence-corrected chi connectivity index (χ4v) is 2.09. The van der Waals surface area contributed by atoms with Crippen LogP contribution in [0.5, 0.6) is 5.75 Å². The number of rotatable bonds is 7. The molecule has 0 atom stereocenters. The van der Waals surface area contributed by atoms with Crippen LogP contribution >= 0.6 is 0 Å².